The molecule has 0 N–H and O–H groups in total. The summed E-state index contributed by atoms with van der Waals surface area (Å²) in [6, 6.07) is 12.3. The first-order chi connectivity index (χ1) is 14.7. The number of hydrogen-bond donors (Lipinski definition) is 0. The van der Waals surface area contributed by atoms with E-state index in [0.29, 0.717) is 33.3 Å². The summed E-state index contributed by atoms with van der Waals surface area (Å²) in [7, 11) is 0. The molecule has 3 aromatic rings. The van der Waals surface area contributed by atoms with Crippen LogP contribution in [0, 0.1) is 15.6 Å². The predicted octanol–water partition coefficient (Wildman–Crippen LogP) is 5.98. The van der Waals surface area contributed by atoms with Gasteiger partial charge in [-0.1, -0.05) is 32.4 Å². The number of rotatable bonds is 4. The molecule has 7 heteroatoms. The van der Waals surface area contributed by atoms with Crippen molar-refractivity contribution >= 4 is 23.8 Å². The van der Waals surface area contributed by atoms with Crippen molar-refractivity contribution in [3.63, 3.8) is 0 Å². The fourth-order valence-corrected chi connectivity index (χ4v) is 6.34. The van der Waals surface area contributed by atoms with Crippen LogP contribution in [-0.4, -0.2) is 36.8 Å². The Hall–Kier alpha value is -2.02. The van der Waals surface area contributed by atoms with Gasteiger partial charge in [-0.3, -0.25) is 14.5 Å². The predicted molar refractivity (Wildman–Crippen MR) is 127 cm³/mol. The van der Waals surface area contributed by atoms with Crippen molar-refractivity contribution in [1.82, 2.24) is 24.2 Å². The minimum absolute atomic E-state index is 0.376. The fourth-order valence-electron chi connectivity index (χ4n) is 5.92. The molecule has 0 amide bonds. The van der Waals surface area contributed by atoms with Gasteiger partial charge in [-0.2, -0.15) is 0 Å². The van der Waals surface area contributed by atoms with Crippen molar-refractivity contribution in [2.75, 3.05) is 6.54 Å². The number of hydrogen-bond acceptors (Lipinski definition) is 4. The highest BCUT2D eigenvalue weighted by atomic mass is 35.5. The molecule has 1 saturated heterocycles. The number of fused-ring (bicyclic) bond motifs is 2. The Labute approximate surface area is 193 Å². The lowest BCUT2D eigenvalue weighted by Gasteiger charge is -2.39. The molecule has 31 heavy (non-hydrogen) atoms. The summed E-state index contributed by atoms with van der Waals surface area (Å²) in [6.07, 6.45) is 7.34. The van der Waals surface area contributed by atoms with Gasteiger partial charge in [0, 0.05) is 35.6 Å². The summed E-state index contributed by atoms with van der Waals surface area (Å²) in [4.78, 5) is 6.74. The van der Waals surface area contributed by atoms with E-state index in [2.05, 4.69) is 30.7 Å². The average molecular weight is 454 g/mol. The fraction of sp³-hybridized carbons (Fsp3) is 0.458. The lowest BCUT2D eigenvalue weighted by atomic mass is 9.65. The molecule has 0 spiro atoms. The molecule has 162 valence electrons. The summed E-state index contributed by atoms with van der Waals surface area (Å²) in [5, 5.41) is 5.69. The number of benzene rings is 1. The number of nitrogens with zero attached hydrogens (tertiary/aromatic N) is 5. The molecule has 2 atom stereocenters. The Morgan fingerprint density at radius 3 is 2.48 bits per heavy atom. The van der Waals surface area contributed by atoms with Crippen molar-refractivity contribution in [2.24, 2.45) is 10.8 Å². The van der Waals surface area contributed by atoms with Gasteiger partial charge in [-0.15, -0.1) is 5.10 Å². The molecule has 1 aromatic carbocycles. The standard InChI is InChI=1S/C24H28ClN5S/c1-23(2)12-20-13-24(3,14-23)15-28(20)16-29-22(31)30(19-6-4-18(25)5-7-19)21(27-29)17-8-10-26-11-9-17/h4-11,20H,12-16H2,1-3H3. The van der Waals surface area contributed by atoms with Crippen LogP contribution >= 0.6 is 23.8 Å². The number of likely N-dealkylation sites (tertiary alicyclic amines) is 1. The normalized spacial score (nSPS) is 25.1. The largest absolute Gasteiger partial charge is 0.281 e. The van der Waals surface area contributed by atoms with E-state index >= 15 is 0 Å². The van der Waals surface area contributed by atoms with Gasteiger partial charge in [0.15, 0.2) is 5.82 Å². The van der Waals surface area contributed by atoms with Crippen molar-refractivity contribution in [2.45, 2.75) is 52.7 Å². The average Bonchev–Trinajstić information content (AvgIpc) is 3.15. The summed E-state index contributed by atoms with van der Waals surface area (Å²) < 4.78 is 4.71. The van der Waals surface area contributed by atoms with Crippen LogP contribution in [-0.2, 0) is 6.67 Å². The maximum atomic E-state index is 6.13. The third kappa shape index (κ3) is 3.97. The molecule has 5 nitrogen and oxygen atoms in total. The van der Waals surface area contributed by atoms with E-state index in [4.69, 9.17) is 28.9 Å². The number of aromatic nitrogens is 4. The van der Waals surface area contributed by atoms with E-state index in [1.54, 1.807) is 12.4 Å². The number of pyridine rings is 1. The molecule has 1 saturated carbocycles. The second kappa shape index (κ2) is 7.54. The van der Waals surface area contributed by atoms with Crippen LogP contribution < -0.4 is 0 Å². The zero-order valence-electron chi connectivity index (χ0n) is 18.3. The first kappa shape index (κ1) is 20.9. The van der Waals surface area contributed by atoms with Crippen LogP contribution in [0.25, 0.3) is 17.1 Å². The van der Waals surface area contributed by atoms with E-state index in [1.807, 2.05) is 45.6 Å². The van der Waals surface area contributed by atoms with Gasteiger partial charge in [0.25, 0.3) is 0 Å². The minimum Gasteiger partial charge on any atom is -0.281 e. The molecule has 2 aromatic heterocycles. The van der Waals surface area contributed by atoms with Crippen molar-refractivity contribution < 1.29 is 0 Å². The van der Waals surface area contributed by atoms with Crippen molar-refractivity contribution in [3.8, 4) is 17.1 Å². The van der Waals surface area contributed by atoms with Crippen LogP contribution in [0.2, 0.25) is 5.02 Å². The van der Waals surface area contributed by atoms with Crippen LogP contribution in [0.15, 0.2) is 48.8 Å². The molecule has 2 bridgehead atoms. The highest BCUT2D eigenvalue weighted by Gasteiger charge is 2.49. The lowest BCUT2D eigenvalue weighted by Crippen LogP contribution is -2.35. The molecule has 0 radical (unpaired) electrons. The summed E-state index contributed by atoms with van der Waals surface area (Å²) >= 11 is 12.1. The van der Waals surface area contributed by atoms with Gasteiger partial charge in [0.2, 0.25) is 4.77 Å². The Bertz CT molecular complexity index is 1150. The summed E-state index contributed by atoms with van der Waals surface area (Å²) in [5.74, 6) is 0.823. The molecular formula is C24H28ClN5S. The molecule has 3 heterocycles. The van der Waals surface area contributed by atoms with E-state index in [9.17, 15) is 0 Å². The first-order valence-corrected chi connectivity index (χ1v) is 11.6. The van der Waals surface area contributed by atoms with Gasteiger partial charge in [0.1, 0.15) is 0 Å². The Balaban J connectivity index is 1.55. The molecule has 5 rings (SSSR count). The van der Waals surface area contributed by atoms with Gasteiger partial charge in [-0.05, 0) is 78.7 Å². The Morgan fingerprint density at radius 1 is 1.06 bits per heavy atom. The smallest absolute Gasteiger partial charge is 0.204 e. The Morgan fingerprint density at radius 2 is 1.77 bits per heavy atom. The van der Waals surface area contributed by atoms with Crippen LogP contribution in [0.5, 0.6) is 0 Å². The molecule has 1 aliphatic carbocycles. The van der Waals surface area contributed by atoms with E-state index in [1.165, 1.54) is 19.3 Å². The van der Waals surface area contributed by atoms with Gasteiger partial charge >= 0.3 is 0 Å². The highest BCUT2D eigenvalue weighted by Crippen LogP contribution is 2.52. The molecule has 2 fully saturated rings. The van der Waals surface area contributed by atoms with Gasteiger partial charge in [0.05, 0.1) is 12.4 Å². The molecule has 1 aliphatic heterocycles. The van der Waals surface area contributed by atoms with Crippen molar-refractivity contribution in [3.05, 3.63) is 58.6 Å². The molecule has 2 unspecified atom stereocenters. The molecular weight excluding hydrogens is 426 g/mol. The topological polar surface area (TPSA) is 38.9 Å². The highest BCUT2D eigenvalue weighted by molar-refractivity contribution is 7.71. The van der Waals surface area contributed by atoms with Crippen molar-refractivity contribution in [1.29, 1.82) is 0 Å². The minimum atomic E-state index is 0.376. The third-order valence-electron chi connectivity index (χ3n) is 6.70. The quantitative estimate of drug-likeness (QED) is 0.455. The van der Waals surface area contributed by atoms with Gasteiger partial charge in [-0.25, -0.2) is 4.68 Å². The van der Waals surface area contributed by atoms with Crippen LogP contribution in [0.1, 0.15) is 40.0 Å². The van der Waals surface area contributed by atoms with Gasteiger partial charge < -0.3 is 0 Å². The van der Waals surface area contributed by atoms with Crippen LogP contribution in [0.4, 0.5) is 0 Å². The van der Waals surface area contributed by atoms with E-state index < -0.39 is 0 Å². The molecule has 2 aliphatic rings. The first-order valence-electron chi connectivity index (χ1n) is 10.8. The second-order valence-corrected chi connectivity index (χ2v) is 11.1. The maximum absolute atomic E-state index is 6.13. The zero-order chi connectivity index (χ0) is 21.8. The summed E-state index contributed by atoms with van der Waals surface area (Å²) in [6.45, 7) is 9.07. The SMILES string of the molecule is CC1(C)CC2CC(C)(CN2Cn2nc(-c3ccncc3)n(-c3ccc(Cl)cc3)c2=S)C1. The second-order valence-electron chi connectivity index (χ2n) is 10.3. The van der Waals surface area contributed by atoms with E-state index in [-0.39, 0.29) is 0 Å². The Kier molecular flexibility index (Phi) is 5.07. The third-order valence-corrected chi connectivity index (χ3v) is 7.35. The van der Waals surface area contributed by atoms with Crippen LogP contribution in [0.3, 0.4) is 0 Å². The summed E-state index contributed by atoms with van der Waals surface area (Å²) in [5.41, 5.74) is 2.71. The maximum Gasteiger partial charge on any atom is 0.204 e. The zero-order valence-corrected chi connectivity index (χ0v) is 19.8. The lowest BCUT2D eigenvalue weighted by molar-refractivity contribution is 0.119. The van der Waals surface area contributed by atoms with E-state index in [0.717, 1.165) is 23.6 Å². The monoisotopic (exact) mass is 453 g/mol. The number of halogens is 1.